The Morgan fingerprint density at radius 3 is 2.00 bits per heavy atom. The molecule has 0 aliphatic rings. The zero-order valence-corrected chi connectivity index (χ0v) is 5.42. The summed E-state index contributed by atoms with van der Waals surface area (Å²) in [6, 6.07) is 0. The van der Waals surface area contributed by atoms with Crippen molar-refractivity contribution in [2.75, 3.05) is 0 Å². The Balaban J connectivity index is 3.90. The highest BCUT2D eigenvalue weighted by Crippen LogP contribution is 2.12. The molecular weight excluding hydrogens is 104 g/mol. The van der Waals surface area contributed by atoms with E-state index >= 15 is 0 Å². The number of nitrogens with zero attached hydrogens (tertiary/aromatic N) is 2. The van der Waals surface area contributed by atoms with Crippen LogP contribution in [0.15, 0.2) is 5.11 Å². The van der Waals surface area contributed by atoms with Crippen LogP contribution >= 0.6 is 0 Å². The Labute approximate surface area is 49.2 Å². The molecule has 0 rings (SSSR count). The molecule has 0 spiro atoms. The SMILES string of the molecule is CC(O)C(C)(C)N=[N-]. The number of rotatable bonds is 2. The highest BCUT2D eigenvalue weighted by molar-refractivity contribution is 4.81. The van der Waals surface area contributed by atoms with Crippen molar-refractivity contribution in [2.24, 2.45) is 5.11 Å². The fraction of sp³-hybridized carbons (Fsp3) is 1.00. The molecule has 0 saturated carbocycles. The third-order valence-corrected chi connectivity index (χ3v) is 1.28. The Bertz CT molecular complexity index is 88.4. The molecule has 48 valence electrons. The fourth-order valence-corrected chi connectivity index (χ4v) is 0.0836. The Hall–Kier alpha value is -0.440. The molecule has 8 heavy (non-hydrogen) atoms. The van der Waals surface area contributed by atoms with Gasteiger partial charge in [-0.1, -0.05) is 0 Å². The van der Waals surface area contributed by atoms with Crippen LogP contribution in [-0.2, 0) is 0 Å². The minimum Gasteiger partial charge on any atom is -0.711 e. The minimum absolute atomic E-state index is 0.604. The first-order chi connectivity index (χ1) is 3.50. The van der Waals surface area contributed by atoms with E-state index in [1.165, 1.54) is 0 Å². The second kappa shape index (κ2) is 2.22. The van der Waals surface area contributed by atoms with Crippen molar-refractivity contribution in [1.29, 1.82) is 0 Å². The molecule has 0 aromatic heterocycles. The zero-order valence-electron chi connectivity index (χ0n) is 5.42. The molecule has 1 unspecified atom stereocenters. The molecule has 0 amide bonds. The lowest BCUT2D eigenvalue weighted by molar-refractivity contribution is 0.122. The Morgan fingerprint density at radius 2 is 2.00 bits per heavy atom. The van der Waals surface area contributed by atoms with Gasteiger partial charge in [0.05, 0.1) is 11.6 Å². The summed E-state index contributed by atoms with van der Waals surface area (Å²) in [5.41, 5.74) is 7.51. The van der Waals surface area contributed by atoms with Crippen LogP contribution in [0.4, 0.5) is 0 Å². The maximum Gasteiger partial charge on any atom is 0.0739 e. The van der Waals surface area contributed by atoms with Crippen molar-refractivity contribution in [3.05, 3.63) is 5.53 Å². The van der Waals surface area contributed by atoms with Gasteiger partial charge in [-0.15, -0.1) is 0 Å². The van der Waals surface area contributed by atoms with E-state index in [1.54, 1.807) is 20.8 Å². The van der Waals surface area contributed by atoms with Crippen LogP contribution in [0.3, 0.4) is 0 Å². The van der Waals surface area contributed by atoms with Crippen LogP contribution in [0.2, 0.25) is 0 Å². The van der Waals surface area contributed by atoms with Crippen molar-refractivity contribution in [3.63, 3.8) is 0 Å². The summed E-state index contributed by atoms with van der Waals surface area (Å²) in [5.74, 6) is 0. The van der Waals surface area contributed by atoms with E-state index in [2.05, 4.69) is 5.11 Å². The summed E-state index contributed by atoms with van der Waals surface area (Å²) in [5, 5.41) is 11.8. The average molecular weight is 115 g/mol. The van der Waals surface area contributed by atoms with Crippen molar-refractivity contribution in [3.8, 4) is 0 Å². The van der Waals surface area contributed by atoms with Gasteiger partial charge >= 0.3 is 0 Å². The average Bonchev–Trinajstić information content (AvgIpc) is 1.67. The van der Waals surface area contributed by atoms with Gasteiger partial charge in [0.25, 0.3) is 0 Å². The second-order valence-corrected chi connectivity index (χ2v) is 2.43. The van der Waals surface area contributed by atoms with Gasteiger partial charge in [-0.3, -0.25) is 0 Å². The van der Waals surface area contributed by atoms with E-state index in [4.69, 9.17) is 10.6 Å². The van der Waals surface area contributed by atoms with E-state index in [1.807, 2.05) is 0 Å². The van der Waals surface area contributed by atoms with Crippen LogP contribution in [0.25, 0.3) is 5.53 Å². The smallest absolute Gasteiger partial charge is 0.0739 e. The lowest BCUT2D eigenvalue weighted by atomic mass is 10.0. The number of aliphatic hydroxyl groups is 1. The predicted molar refractivity (Wildman–Crippen MR) is 31.5 cm³/mol. The molecular formula is C5H11N2O-. The molecule has 0 saturated heterocycles. The molecule has 1 atom stereocenters. The van der Waals surface area contributed by atoms with Gasteiger partial charge in [0, 0.05) is 0 Å². The van der Waals surface area contributed by atoms with Crippen molar-refractivity contribution in [1.82, 2.24) is 0 Å². The molecule has 0 aliphatic carbocycles. The predicted octanol–water partition coefficient (Wildman–Crippen LogP) is 1.17. The third kappa shape index (κ3) is 1.58. The molecule has 0 aromatic carbocycles. The third-order valence-electron chi connectivity index (χ3n) is 1.28. The number of aliphatic hydroxyl groups excluding tert-OH is 1. The van der Waals surface area contributed by atoms with E-state index in [0.29, 0.717) is 0 Å². The molecule has 0 aromatic rings. The molecule has 0 fully saturated rings. The highest BCUT2D eigenvalue weighted by Gasteiger charge is 2.18. The summed E-state index contributed by atoms with van der Waals surface area (Å²) >= 11 is 0. The summed E-state index contributed by atoms with van der Waals surface area (Å²) in [6.45, 7) is 4.88. The fourth-order valence-electron chi connectivity index (χ4n) is 0.0836. The van der Waals surface area contributed by atoms with Gasteiger partial charge < -0.3 is 15.8 Å². The summed E-state index contributed by atoms with van der Waals surface area (Å²) in [4.78, 5) is 0. The Morgan fingerprint density at radius 1 is 1.62 bits per heavy atom. The van der Waals surface area contributed by atoms with Gasteiger partial charge in [-0.25, -0.2) is 0 Å². The van der Waals surface area contributed by atoms with Gasteiger partial charge in [0.2, 0.25) is 0 Å². The summed E-state index contributed by atoms with van der Waals surface area (Å²) in [7, 11) is 0. The van der Waals surface area contributed by atoms with E-state index in [-0.39, 0.29) is 0 Å². The normalized spacial score (nSPS) is 15.5. The first-order valence-corrected chi connectivity index (χ1v) is 2.55. The highest BCUT2D eigenvalue weighted by atomic mass is 16.3. The van der Waals surface area contributed by atoms with Crippen LogP contribution in [-0.4, -0.2) is 16.7 Å². The van der Waals surface area contributed by atoms with Crippen molar-refractivity contribution < 1.29 is 5.11 Å². The molecule has 1 N–H and O–H groups in total. The van der Waals surface area contributed by atoms with Crippen LogP contribution < -0.4 is 0 Å². The van der Waals surface area contributed by atoms with E-state index < -0.39 is 11.6 Å². The van der Waals surface area contributed by atoms with E-state index in [9.17, 15) is 0 Å². The molecule has 3 heteroatoms. The van der Waals surface area contributed by atoms with Crippen molar-refractivity contribution in [2.45, 2.75) is 32.4 Å². The summed E-state index contributed by atoms with van der Waals surface area (Å²) in [6.07, 6.45) is -0.604. The molecule has 3 nitrogen and oxygen atoms in total. The zero-order chi connectivity index (χ0) is 6.78. The minimum atomic E-state index is -0.722. The first-order valence-electron chi connectivity index (χ1n) is 2.55. The second-order valence-electron chi connectivity index (χ2n) is 2.43. The lowest BCUT2D eigenvalue weighted by Gasteiger charge is -2.25. The molecule has 0 bridgehead atoms. The molecule has 0 radical (unpaired) electrons. The standard InChI is InChI=1S/C5H11N2O/c1-4(8)5(2,3)7-6/h4,8H,1-3H3/q-1. The molecule has 0 heterocycles. The number of hydrogen-bond donors (Lipinski definition) is 1. The van der Waals surface area contributed by atoms with Gasteiger partial charge in [0.15, 0.2) is 0 Å². The summed E-state index contributed by atoms with van der Waals surface area (Å²) < 4.78 is 0. The van der Waals surface area contributed by atoms with Crippen LogP contribution in [0.5, 0.6) is 0 Å². The molecule has 0 aliphatic heterocycles. The maximum absolute atomic E-state index is 8.83. The van der Waals surface area contributed by atoms with Gasteiger partial charge in [-0.05, 0) is 20.8 Å². The topological polar surface area (TPSA) is 54.9 Å². The number of hydrogen-bond acceptors (Lipinski definition) is 2. The van der Waals surface area contributed by atoms with Crippen LogP contribution in [0, 0.1) is 0 Å². The quantitative estimate of drug-likeness (QED) is 0.539. The lowest BCUT2D eigenvalue weighted by Crippen LogP contribution is -2.30. The van der Waals surface area contributed by atoms with Gasteiger partial charge in [0.1, 0.15) is 0 Å². The van der Waals surface area contributed by atoms with Crippen LogP contribution in [0.1, 0.15) is 20.8 Å². The van der Waals surface area contributed by atoms with Gasteiger partial charge in [-0.2, -0.15) is 0 Å². The van der Waals surface area contributed by atoms with E-state index in [0.717, 1.165) is 0 Å². The maximum atomic E-state index is 8.83. The Kier molecular flexibility index (Phi) is 2.10. The largest absolute Gasteiger partial charge is 0.711 e. The monoisotopic (exact) mass is 115 g/mol. The van der Waals surface area contributed by atoms with Crippen molar-refractivity contribution >= 4 is 0 Å². The first kappa shape index (κ1) is 7.56.